The molecule has 0 amide bonds. The molecule has 0 aromatic heterocycles. The Kier molecular flexibility index (Phi) is 10.5. The van der Waals surface area contributed by atoms with Gasteiger partial charge in [0.05, 0.1) is 5.75 Å². The number of hydrogen-bond donors (Lipinski definition) is 1. The molecule has 4 heterocycles. The van der Waals surface area contributed by atoms with E-state index in [1.165, 1.54) is 117 Å². The van der Waals surface area contributed by atoms with Gasteiger partial charge in [0.1, 0.15) is 0 Å². The van der Waals surface area contributed by atoms with E-state index in [-0.39, 0.29) is 0 Å². The second-order valence-electron chi connectivity index (χ2n) is 21.3. The smallest absolute Gasteiger partial charge is 0.537 e. The molecule has 4 saturated heterocycles. The third kappa shape index (κ3) is 6.85. The molecule has 8 bridgehead atoms. The van der Waals surface area contributed by atoms with Crippen molar-refractivity contribution in [2.45, 2.75) is 88.4 Å². The summed E-state index contributed by atoms with van der Waals surface area (Å²) in [5.74, 6) is 4.20. The number of benzene rings is 7. The second kappa shape index (κ2) is 16.9. The molecule has 1 N–H and O–H groups in total. The summed E-state index contributed by atoms with van der Waals surface area (Å²) in [4.78, 5) is 5.71. The summed E-state index contributed by atoms with van der Waals surface area (Å²) in [7, 11) is -5.43. The van der Waals surface area contributed by atoms with Crippen molar-refractivity contribution < 1.29 is 9.68 Å². The summed E-state index contributed by atoms with van der Waals surface area (Å²) in [6.07, 6.45) is 13.5. The lowest BCUT2D eigenvalue weighted by atomic mass is 9.63. The SMILES string of the molecule is O[B]Oc1cc([Si](c2ccccc2)(c2ccccc2)c2cccc(N3C4CC5CC(C4)CC3C5)c2)cc([Si](c2ccccc2)(c2ccccc2)c2cccc(N3C4CC5CC(C4)CC3C5)c2)c1. The summed E-state index contributed by atoms with van der Waals surface area (Å²) in [6, 6.07) is 74.7. The molecular formula is C60H60BN2O2Si2. The highest BCUT2D eigenvalue weighted by Crippen LogP contribution is 2.51. The topological polar surface area (TPSA) is 35.9 Å². The van der Waals surface area contributed by atoms with E-state index in [0.717, 1.165) is 31.4 Å². The standard InChI is InChI=1S/C60H60BN2O2Si2/c64-61-65-52-39-59(66(53-17-5-1-6-18-53,54-19-7-2-8-20-54)57-25-13-15-46(37-57)62-48-29-42-27-43(31-48)32-49(62)30-42)41-60(40-52)67(55-21-9-3-10-22-55,56-23-11-4-12-24-56)58-26-14-16-47(38-58)63-50-33-44-28-45(35-50)36-51(63)34-44/h1-26,37-45,48-51,64H,27-36H2. The van der Waals surface area contributed by atoms with Crippen molar-refractivity contribution in [2.75, 3.05) is 9.80 Å². The van der Waals surface area contributed by atoms with Crippen LogP contribution in [0.25, 0.3) is 0 Å². The third-order valence-corrected chi connectivity index (χ3v) is 27.2. The van der Waals surface area contributed by atoms with E-state index in [1.54, 1.807) is 0 Å². The maximum absolute atomic E-state index is 10.6. The van der Waals surface area contributed by atoms with Crippen LogP contribution in [-0.4, -0.2) is 53.0 Å². The minimum atomic E-state index is -3.15. The Balaban J connectivity index is 1.08. The van der Waals surface area contributed by atoms with Crippen LogP contribution in [0, 0.1) is 23.7 Å². The van der Waals surface area contributed by atoms with Crippen LogP contribution < -0.4 is 55.9 Å². The Morgan fingerprint density at radius 2 is 0.657 bits per heavy atom. The zero-order chi connectivity index (χ0) is 44.5. The van der Waals surface area contributed by atoms with Crippen molar-refractivity contribution in [1.82, 2.24) is 0 Å². The third-order valence-electron chi connectivity index (χ3n) is 17.7. The fourth-order valence-electron chi connectivity index (χ4n) is 15.6. The van der Waals surface area contributed by atoms with Crippen molar-refractivity contribution in [3.8, 4) is 5.75 Å². The minimum Gasteiger partial charge on any atom is -0.537 e. The van der Waals surface area contributed by atoms with Crippen molar-refractivity contribution in [1.29, 1.82) is 0 Å². The summed E-state index contributed by atoms with van der Waals surface area (Å²) in [5.41, 5.74) is 2.75. The first-order chi connectivity index (χ1) is 33.1. The van der Waals surface area contributed by atoms with Crippen LogP contribution in [0.3, 0.4) is 0 Å². The lowest BCUT2D eigenvalue weighted by molar-refractivity contribution is 0.0899. The quantitative estimate of drug-likeness (QED) is 0.107. The molecule has 15 rings (SSSR count). The van der Waals surface area contributed by atoms with E-state index in [0.29, 0.717) is 29.9 Å². The van der Waals surface area contributed by atoms with Gasteiger partial charge in [0.2, 0.25) is 0 Å². The summed E-state index contributed by atoms with van der Waals surface area (Å²) < 4.78 is 6.32. The maximum atomic E-state index is 10.6. The number of piperidine rings is 4. The zero-order valence-corrected chi connectivity index (χ0v) is 40.4. The summed E-state index contributed by atoms with van der Waals surface area (Å²) in [5, 5.41) is 21.2. The molecule has 7 heteroatoms. The molecule has 0 spiro atoms. The average Bonchev–Trinajstić information content (AvgIpc) is 3.36. The number of anilines is 2. The molecule has 0 unspecified atom stereocenters. The maximum Gasteiger partial charge on any atom is 0.569 e. The normalized spacial score (nSPS) is 25.9. The van der Waals surface area contributed by atoms with Crippen molar-refractivity contribution >= 4 is 76.7 Å². The van der Waals surface area contributed by atoms with Crippen molar-refractivity contribution in [2.24, 2.45) is 23.7 Å². The first-order valence-electron chi connectivity index (χ1n) is 25.4. The van der Waals surface area contributed by atoms with Crippen LogP contribution in [0.1, 0.15) is 64.2 Å². The molecule has 4 saturated carbocycles. The Morgan fingerprint density at radius 1 is 0.343 bits per heavy atom. The summed E-state index contributed by atoms with van der Waals surface area (Å²) >= 11 is 0. The van der Waals surface area contributed by atoms with Gasteiger partial charge in [0.15, 0.2) is 16.1 Å². The van der Waals surface area contributed by atoms with E-state index in [2.05, 4.69) is 198 Å². The monoisotopic (exact) mass is 907 g/mol. The van der Waals surface area contributed by atoms with E-state index < -0.39 is 16.1 Å². The Bertz CT molecular complexity index is 2560. The van der Waals surface area contributed by atoms with Crippen LogP contribution in [0.15, 0.2) is 188 Å². The molecule has 4 aliphatic heterocycles. The van der Waals surface area contributed by atoms with Crippen LogP contribution in [-0.2, 0) is 0 Å². The van der Waals surface area contributed by atoms with Crippen LogP contribution in [0.5, 0.6) is 5.75 Å². The van der Waals surface area contributed by atoms with Gasteiger partial charge in [-0.3, -0.25) is 0 Å². The van der Waals surface area contributed by atoms with Gasteiger partial charge in [-0.15, -0.1) is 0 Å². The lowest BCUT2D eigenvalue weighted by Gasteiger charge is -2.57. The van der Waals surface area contributed by atoms with E-state index >= 15 is 0 Å². The highest BCUT2D eigenvalue weighted by Gasteiger charge is 2.51. The fraction of sp³-hybridized carbons (Fsp3) is 0.300. The van der Waals surface area contributed by atoms with Crippen molar-refractivity contribution in [3.63, 3.8) is 0 Å². The molecule has 67 heavy (non-hydrogen) atoms. The van der Waals surface area contributed by atoms with Gasteiger partial charge in [0.25, 0.3) is 0 Å². The molecule has 0 atom stereocenters. The molecular weight excluding hydrogens is 848 g/mol. The fourth-order valence-corrected chi connectivity index (χ4v) is 25.4. The highest BCUT2D eigenvalue weighted by molar-refractivity contribution is 7.22. The largest absolute Gasteiger partial charge is 0.569 e. The van der Waals surface area contributed by atoms with Crippen LogP contribution in [0.4, 0.5) is 11.4 Å². The minimum absolute atomic E-state index is 0.619. The number of hydrogen-bond acceptors (Lipinski definition) is 4. The zero-order valence-electron chi connectivity index (χ0n) is 38.4. The van der Waals surface area contributed by atoms with Gasteiger partial charge in [0, 0.05) is 35.5 Å². The van der Waals surface area contributed by atoms with E-state index in [4.69, 9.17) is 4.65 Å². The molecule has 7 aromatic carbocycles. The number of nitrogens with zero attached hydrogens (tertiary/aromatic N) is 2. The van der Waals surface area contributed by atoms with Gasteiger partial charge in [-0.2, -0.15) is 0 Å². The van der Waals surface area contributed by atoms with Gasteiger partial charge in [-0.25, -0.2) is 0 Å². The molecule has 8 aliphatic rings. The second-order valence-corrected chi connectivity index (χ2v) is 28.9. The van der Waals surface area contributed by atoms with Crippen molar-refractivity contribution in [3.05, 3.63) is 188 Å². The Hall–Kier alpha value is -5.60. The van der Waals surface area contributed by atoms with Crippen LogP contribution >= 0.6 is 0 Å². The first kappa shape index (κ1) is 41.6. The highest BCUT2D eigenvalue weighted by atomic mass is 28.3. The molecule has 333 valence electrons. The molecule has 4 aliphatic carbocycles. The number of rotatable bonds is 12. The summed E-state index contributed by atoms with van der Waals surface area (Å²) in [6.45, 7) is 0. The van der Waals surface area contributed by atoms with Crippen LogP contribution in [0.2, 0.25) is 0 Å². The van der Waals surface area contributed by atoms with Gasteiger partial charge in [-0.05, 0) is 166 Å². The molecule has 1 radical (unpaired) electrons. The van der Waals surface area contributed by atoms with E-state index in [1.807, 2.05) is 0 Å². The van der Waals surface area contributed by atoms with Gasteiger partial charge in [-0.1, -0.05) is 152 Å². The van der Waals surface area contributed by atoms with E-state index in [9.17, 15) is 5.02 Å². The Morgan fingerprint density at radius 3 is 0.970 bits per heavy atom. The predicted octanol–water partition coefficient (Wildman–Crippen LogP) is 6.88. The average molecular weight is 908 g/mol. The molecule has 7 aromatic rings. The molecule has 4 nitrogen and oxygen atoms in total. The lowest BCUT2D eigenvalue weighted by Crippen LogP contribution is -2.78. The van der Waals surface area contributed by atoms with Gasteiger partial charge < -0.3 is 19.5 Å². The molecule has 8 fully saturated rings. The van der Waals surface area contributed by atoms with Gasteiger partial charge >= 0.3 is 7.69 Å². The predicted molar refractivity (Wildman–Crippen MR) is 283 cm³/mol. The first-order valence-corrected chi connectivity index (χ1v) is 29.4. The Labute approximate surface area is 400 Å².